The van der Waals surface area contributed by atoms with E-state index >= 15 is 0 Å². The Morgan fingerprint density at radius 3 is 2.81 bits per heavy atom. The van der Waals surface area contributed by atoms with Crippen molar-refractivity contribution in [2.75, 3.05) is 23.8 Å². The largest absolute Gasteiger partial charge is 0.382 e. The zero-order valence-corrected chi connectivity index (χ0v) is 11.9. The summed E-state index contributed by atoms with van der Waals surface area (Å²) >= 11 is 0. The van der Waals surface area contributed by atoms with E-state index in [4.69, 9.17) is 5.84 Å². The molecule has 2 unspecified atom stereocenters. The van der Waals surface area contributed by atoms with E-state index in [0.717, 1.165) is 25.1 Å². The van der Waals surface area contributed by atoms with Crippen LogP contribution in [0.4, 0.5) is 17.1 Å². The van der Waals surface area contributed by atoms with Crippen LogP contribution in [0.2, 0.25) is 0 Å². The van der Waals surface area contributed by atoms with Gasteiger partial charge in [0.2, 0.25) is 0 Å². The lowest BCUT2D eigenvalue weighted by Gasteiger charge is -2.35. The molecule has 1 aromatic carbocycles. The lowest BCUT2D eigenvalue weighted by atomic mass is 9.97. The van der Waals surface area contributed by atoms with E-state index in [1.54, 1.807) is 6.07 Å². The first-order chi connectivity index (χ1) is 10.2. The summed E-state index contributed by atoms with van der Waals surface area (Å²) < 4.78 is 0. The molecule has 1 aromatic rings. The molecule has 0 saturated carbocycles. The summed E-state index contributed by atoms with van der Waals surface area (Å²) in [6.45, 7) is 2.33. The minimum atomic E-state index is -0.397. The van der Waals surface area contributed by atoms with Crippen LogP contribution in [-0.2, 0) is 0 Å². The quantitative estimate of drug-likeness (QED) is 0.445. The first-order valence-electron chi connectivity index (χ1n) is 7.42. The van der Waals surface area contributed by atoms with E-state index in [1.165, 1.54) is 25.5 Å². The van der Waals surface area contributed by atoms with E-state index in [0.29, 0.717) is 17.8 Å². The predicted molar refractivity (Wildman–Crippen MR) is 82.1 cm³/mol. The minimum absolute atomic E-state index is 0.0475. The number of hydrazine groups is 1. The molecule has 0 spiro atoms. The Hall–Kier alpha value is -1.86. The lowest BCUT2D eigenvalue weighted by Crippen LogP contribution is -2.42. The van der Waals surface area contributed by atoms with Gasteiger partial charge in [-0.25, -0.2) is 0 Å². The molecule has 21 heavy (non-hydrogen) atoms. The number of non-ortho nitro benzene ring substituents is 1. The number of benzene rings is 1. The number of hydrogen-bond donors (Lipinski definition) is 3. The first kappa shape index (κ1) is 14.1. The van der Waals surface area contributed by atoms with Crippen LogP contribution in [0.15, 0.2) is 18.2 Å². The average molecular weight is 291 g/mol. The number of hydrogen-bond acceptors (Lipinski definition) is 6. The van der Waals surface area contributed by atoms with Gasteiger partial charge in [0.25, 0.3) is 5.69 Å². The Bertz CT molecular complexity index is 536. The fourth-order valence-electron chi connectivity index (χ4n) is 3.47. The van der Waals surface area contributed by atoms with Gasteiger partial charge in [-0.2, -0.15) is 0 Å². The Kier molecular flexibility index (Phi) is 3.94. The van der Waals surface area contributed by atoms with Gasteiger partial charge in [0.1, 0.15) is 0 Å². The third kappa shape index (κ3) is 3.08. The van der Waals surface area contributed by atoms with Gasteiger partial charge in [-0.1, -0.05) is 0 Å². The van der Waals surface area contributed by atoms with Crippen molar-refractivity contribution in [1.29, 1.82) is 0 Å². The molecule has 7 nitrogen and oxygen atoms in total. The normalized spacial score (nSPS) is 25.4. The van der Waals surface area contributed by atoms with Crippen LogP contribution in [-0.4, -0.2) is 35.0 Å². The van der Waals surface area contributed by atoms with E-state index in [-0.39, 0.29) is 5.69 Å². The molecule has 2 atom stereocenters. The molecule has 7 heteroatoms. The van der Waals surface area contributed by atoms with Gasteiger partial charge in [0.15, 0.2) is 0 Å². The second-order valence-corrected chi connectivity index (χ2v) is 5.87. The maximum absolute atomic E-state index is 11.0. The van der Waals surface area contributed by atoms with E-state index in [2.05, 4.69) is 15.6 Å². The Morgan fingerprint density at radius 1 is 1.24 bits per heavy atom. The number of rotatable bonds is 4. The van der Waals surface area contributed by atoms with Gasteiger partial charge >= 0.3 is 0 Å². The number of nitrogen functional groups attached to an aromatic ring is 1. The standard InChI is InChI=1S/C14H21N5O2/c15-17-12-6-11(8-14(9-12)19(20)21)16-10-3-5-18-4-1-2-13(18)7-10/h6,8-10,13,16-17H,1-5,7,15H2. The number of nitrogens with two attached hydrogens (primary N) is 1. The molecule has 4 N–H and O–H groups in total. The van der Waals surface area contributed by atoms with E-state index < -0.39 is 4.92 Å². The lowest BCUT2D eigenvalue weighted by molar-refractivity contribution is -0.384. The number of nitrogens with one attached hydrogen (secondary N) is 2. The van der Waals surface area contributed by atoms with Crippen LogP contribution in [0, 0.1) is 10.1 Å². The Morgan fingerprint density at radius 2 is 2.05 bits per heavy atom. The number of anilines is 2. The van der Waals surface area contributed by atoms with Crippen molar-refractivity contribution in [3.8, 4) is 0 Å². The molecule has 0 amide bonds. The third-order valence-electron chi connectivity index (χ3n) is 4.49. The molecule has 2 fully saturated rings. The highest BCUT2D eigenvalue weighted by molar-refractivity contribution is 5.63. The van der Waals surface area contributed by atoms with E-state index in [1.807, 2.05) is 6.07 Å². The zero-order chi connectivity index (χ0) is 14.8. The van der Waals surface area contributed by atoms with Crippen molar-refractivity contribution in [2.45, 2.75) is 37.8 Å². The number of fused-ring (bicyclic) bond motifs is 1. The Labute approximate surface area is 123 Å². The summed E-state index contributed by atoms with van der Waals surface area (Å²) in [4.78, 5) is 13.1. The van der Waals surface area contributed by atoms with Gasteiger partial charge in [-0.15, -0.1) is 0 Å². The van der Waals surface area contributed by atoms with Crippen LogP contribution in [0.1, 0.15) is 25.7 Å². The van der Waals surface area contributed by atoms with Crippen molar-refractivity contribution < 1.29 is 4.92 Å². The molecule has 0 aromatic heterocycles. The third-order valence-corrected chi connectivity index (χ3v) is 4.49. The molecule has 0 radical (unpaired) electrons. The molecule has 0 aliphatic carbocycles. The van der Waals surface area contributed by atoms with Crippen molar-refractivity contribution in [2.24, 2.45) is 5.84 Å². The van der Waals surface area contributed by atoms with Crippen LogP contribution >= 0.6 is 0 Å². The van der Waals surface area contributed by atoms with Crippen molar-refractivity contribution >= 4 is 17.1 Å². The van der Waals surface area contributed by atoms with E-state index in [9.17, 15) is 10.1 Å². The summed E-state index contributed by atoms with van der Waals surface area (Å²) in [5.41, 5.74) is 3.84. The summed E-state index contributed by atoms with van der Waals surface area (Å²) in [5.74, 6) is 5.38. The number of piperidine rings is 1. The maximum atomic E-state index is 11.0. The minimum Gasteiger partial charge on any atom is -0.382 e. The summed E-state index contributed by atoms with van der Waals surface area (Å²) in [7, 11) is 0. The zero-order valence-electron chi connectivity index (χ0n) is 11.9. The monoisotopic (exact) mass is 291 g/mol. The summed E-state index contributed by atoms with van der Waals surface area (Å²) in [6, 6.07) is 5.86. The summed E-state index contributed by atoms with van der Waals surface area (Å²) in [6.07, 6.45) is 4.73. The van der Waals surface area contributed by atoms with Crippen LogP contribution in [0.5, 0.6) is 0 Å². The van der Waals surface area contributed by atoms with Gasteiger partial charge in [-0.3, -0.25) is 16.0 Å². The maximum Gasteiger partial charge on any atom is 0.273 e. The van der Waals surface area contributed by atoms with Gasteiger partial charge < -0.3 is 15.6 Å². The molecule has 114 valence electrons. The highest BCUT2D eigenvalue weighted by Gasteiger charge is 2.31. The second kappa shape index (κ2) is 5.87. The fraction of sp³-hybridized carbons (Fsp3) is 0.571. The first-order valence-corrected chi connectivity index (χ1v) is 7.42. The van der Waals surface area contributed by atoms with Crippen molar-refractivity contribution in [1.82, 2.24) is 4.90 Å². The molecule has 2 aliphatic rings. The van der Waals surface area contributed by atoms with Crippen molar-refractivity contribution in [3.05, 3.63) is 28.3 Å². The highest BCUT2D eigenvalue weighted by atomic mass is 16.6. The van der Waals surface area contributed by atoms with Crippen LogP contribution < -0.4 is 16.6 Å². The van der Waals surface area contributed by atoms with Gasteiger partial charge in [0, 0.05) is 36.4 Å². The topological polar surface area (TPSA) is 96.5 Å². The molecular formula is C14H21N5O2. The number of nitro benzene ring substituents is 1. The van der Waals surface area contributed by atoms with Crippen LogP contribution in [0.3, 0.4) is 0 Å². The average Bonchev–Trinajstić information content (AvgIpc) is 2.94. The molecule has 2 heterocycles. The highest BCUT2D eigenvalue weighted by Crippen LogP contribution is 2.30. The smallest absolute Gasteiger partial charge is 0.273 e. The predicted octanol–water partition coefficient (Wildman–Crippen LogP) is 1.92. The summed E-state index contributed by atoms with van der Waals surface area (Å²) in [5, 5.41) is 14.4. The molecule has 3 rings (SSSR count). The molecular weight excluding hydrogens is 270 g/mol. The number of nitro groups is 1. The molecule has 0 bridgehead atoms. The molecule has 2 saturated heterocycles. The van der Waals surface area contributed by atoms with Gasteiger partial charge in [-0.05, 0) is 38.3 Å². The molecule has 2 aliphatic heterocycles. The van der Waals surface area contributed by atoms with Crippen molar-refractivity contribution in [3.63, 3.8) is 0 Å². The second-order valence-electron chi connectivity index (χ2n) is 5.87. The SMILES string of the molecule is NNc1cc(NC2CCN3CCCC3C2)cc([N+](=O)[O-])c1. The van der Waals surface area contributed by atoms with Gasteiger partial charge in [0.05, 0.1) is 10.6 Å². The van der Waals surface area contributed by atoms with Crippen LogP contribution in [0.25, 0.3) is 0 Å². The number of nitrogens with zero attached hydrogens (tertiary/aromatic N) is 2. The Balaban J connectivity index is 1.72. The fourth-order valence-corrected chi connectivity index (χ4v) is 3.47.